The average molecular weight is 392 g/mol. The number of hydrogen-bond donors (Lipinski definition) is 0. The third-order valence-electron chi connectivity index (χ3n) is 4.74. The SMILES string of the molecule is COC(=O)C[C@@H](C)c1cnc(N(CC(C)C)C2CCOCC2)c(SC#N)c1. The second kappa shape index (κ2) is 10.5. The summed E-state index contributed by atoms with van der Waals surface area (Å²) in [5.74, 6) is 1.08. The van der Waals surface area contributed by atoms with E-state index >= 15 is 0 Å². The number of anilines is 1. The van der Waals surface area contributed by atoms with Crippen LogP contribution in [0.3, 0.4) is 0 Å². The number of thioether (sulfide) groups is 1. The first-order valence-corrected chi connectivity index (χ1v) is 10.2. The molecule has 0 spiro atoms. The Morgan fingerprint density at radius 2 is 2.15 bits per heavy atom. The molecule has 7 heteroatoms. The summed E-state index contributed by atoms with van der Waals surface area (Å²) in [6.45, 7) is 8.75. The highest BCUT2D eigenvalue weighted by Crippen LogP contribution is 2.34. The fourth-order valence-electron chi connectivity index (χ4n) is 3.31. The summed E-state index contributed by atoms with van der Waals surface area (Å²) in [5.41, 5.74) is 0.943. The molecule has 1 saturated heterocycles. The lowest BCUT2D eigenvalue weighted by atomic mass is 9.99. The summed E-state index contributed by atoms with van der Waals surface area (Å²) in [7, 11) is 1.39. The summed E-state index contributed by atoms with van der Waals surface area (Å²) in [4.78, 5) is 19.5. The van der Waals surface area contributed by atoms with Crippen molar-refractivity contribution in [2.75, 3.05) is 31.8 Å². The summed E-state index contributed by atoms with van der Waals surface area (Å²) in [5, 5.41) is 11.5. The number of ether oxygens (including phenoxy) is 2. The van der Waals surface area contributed by atoms with E-state index in [1.807, 2.05) is 19.2 Å². The number of hydrogen-bond acceptors (Lipinski definition) is 7. The zero-order valence-electron chi connectivity index (χ0n) is 16.6. The predicted octanol–water partition coefficient (Wildman–Crippen LogP) is 3.96. The number of aromatic nitrogens is 1. The molecular formula is C20H29N3O3S. The minimum Gasteiger partial charge on any atom is -0.469 e. The van der Waals surface area contributed by atoms with Crippen LogP contribution in [0.1, 0.15) is 51.5 Å². The highest BCUT2D eigenvalue weighted by atomic mass is 32.2. The molecule has 1 aromatic heterocycles. The molecule has 2 heterocycles. The van der Waals surface area contributed by atoms with Crippen LogP contribution in [0.2, 0.25) is 0 Å². The predicted molar refractivity (Wildman–Crippen MR) is 107 cm³/mol. The van der Waals surface area contributed by atoms with Crippen molar-refractivity contribution >= 4 is 23.5 Å². The van der Waals surface area contributed by atoms with Gasteiger partial charge in [0.2, 0.25) is 0 Å². The van der Waals surface area contributed by atoms with Gasteiger partial charge in [-0.25, -0.2) is 4.98 Å². The van der Waals surface area contributed by atoms with Crippen LogP contribution in [-0.4, -0.2) is 43.9 Å². The number of nitrogens with zero attached hydrogens (tertiary/aromatic N) is 3. The molecular weight excluding hydrogens is 362 g/mol. The smallest absolute Gasteiger partial charge is 0.306 e. The number of rotatable bonds is 8. The topological polar surface area (TPSA) is 75.4 Å². The van der Waals surface area contributed by atoms with Crippen molar-refractivity contribution in [3.05, 3.63) is 17.8 Å². The molecule has 0 saturated carbocycles. The molecule has 0 radical (unpaired) electrons. The molecule has 1 atom stereocenters. The first kappa shape index (κ1) is 21.5. The zero-order chi connectivity index (χ0) is 19.8. The van der Waals surface area contributed by atoms with Crippen molar-refractivity contribution in [1.29, 1.82) is 5.26 Å². The van der Waals surface area contributed by atoms with Gasteiger partial charge in [0.05, 0.1) is 18.4 Å². The van der Waals surface area contributed by atoms with Crippen LogP contribution in [0.5, 0.6) is 0 Å². The molecule has 0 unspecified atom stereocenters. The number of thiocyanates is 1. The second-order valence-corrected chi connectivity index (χ2v) is 8.18. The molecule has 0 aliphatic carbocycles. The van der Waals surface area contributed by atoms with E-state index in [1.165, 1.54) is 7.11 Å². The van der Waals surface area contributed by atoms with Gasteiger partial charge in [0.25, 0.3) is 0 Å². The molecule has 1 fully saturated rings. The van der Waals surface area contributed by atoms with E-state index < -0.39 is 0 Å². The van der Waals surface area contributed by atoms with Gasteiger partial charge in [-0.15, -0.1) is 0 Å². The maximum Gasteiger partial charge on any atom is 0.306 e. The third kappa shape index (κ3) is 6.12. The summed E-state index contributed by atoms with van der Waals surface area (Å²) in [6.07, 6.45) is 4.05. The van der Waals surface area contributed by atoms with Crippen LogP contribution in [-0.2, 0) is 14.3 Å². The number of pyridine rings is 1. The van der Waals surface area contributed by atoms with Crippen LogP contribution in [0, 0.1) is 16.6 Å². The quantitative estimate of drug-likeness (QED) is 0.377. The van der Waals surface area contributed by atoms with E-state index in [-0.39, 0.29) is 11.9 Å². The Bertz CT molecular complexity index is 669. The number of carbonyl (C=O) groups is 1. The van der Waals surface area contributed by atoms with E-state index in [0.717, 1.165) is 60.6 Å². The molecule has 1 aliphatic rings. The Balaban J connectivity index is 2.34. The Morgan fingerprint density at radius 1 is 1.44 bits per heavy atom. The maximum absolute atomic E-state index is 11.6. The molecule has 148 valence electrons. The van der Waals surface area contributed by atoms with Crippen LogP contribution < -0.4 is 4.90 Å². The van der Waals surface area contributed by atoms with E-state index in [1.54, 1.807) is 0 Å². The minimum absolute atomic E-state index is 0.0151. The number of nitriles is 1. The lowest BCUT2D eigenvalue weighted by Crippen LogP contribution is -2.42. The lowest BCUT2D eigenvalue weighted by molar-refractivity contribution is -0.140. The normalized spacial score (nSPS) is 16.0. The lowest BCUT2D eigenvalue weighted by Gasteiger charge is -2.37. The van der Waals surface area contributed by atoms with Gasteiger partial charge in [0.15, 0.2) is 0 Å². The molecule has 2 rings (SSSR count). The molecule has 27 heavy (non-hydrogen) atoms. The van der Waals surface area contributed by atoms with Crippen molar-refractivity contribution in [3.63, 3.8) is 0 Å². The summed E-state index contributed by atoms with van der Waals surface area (Å²) < 4.78 is 10.3. The molecule has 0 N–H and O–H groups in total. The summed E-state index contributed by atoms with van der Waals surface area (Å²) in [6, 6.07) is 2.36. The van der Waals surface area contributed by atoms with Crippen LogP contribution in [0.15, 0.2) is 17.2 Å². The van der Waals surface area contributed by atoms with Gasteiger partial charge in [-0.3, -0.25) is 4.79 Å². The van der Waals surface area contributed by atoms with Crippen LogP contribution >= 0.6 is 11.8 Å². The van der Waals surface area contributed by atoms with Gasteiger partial charge in [-0.1, -0.05) is 20.8 Å². The van der Waals surface area contributed by atoms with Crippen molar-refractivity contribution in [1.82, 2.24) is 4.98 Å². The monoisotopic (exact) mass is 391 g/mol. The molecule has 0 bridgehead atoms. The number of esters is 1. The Labute approximate surface area is 166 Å². The second-order valence-electron chi connectivity index (χ2n) is 7.35. The third-order valence-corrected chi connectivity index (χ3v) is 5.36. The highest BCUT2D eigenvalue weighted by molar-refractivity contribution is 8.03. The fourth-order valence-corrected chi connectivity index (χ4v) is 3.87. The Hall–Kier alpha value is -1.78. The van der Waals surface area contributed by atoms with Crippen molar-refractivity contribution in [2.45, 2.75) is 56.9 Å². The van der Waals surface area contributed by atoms with E-state index in [0.29, 0.717) is 18.4 Å². The number of methoxy groups -OCH3 is 1. The molecule has 6 nitrogen and oxygen atoms in total. The van der Waals surface area contributed by atoms with Gasteiger partial charge in [-0.2, -0.15) is 5.26 Å². The zero-order valence-corrected chi connectivity index (χ0v) is 17.4. The van der Waals surface area contributed by atoms with E-state index in [2.05, 4.69) is 24.1 Å². The van der Waals surface area contributed by atoms with Gasteiger partial charge >= 0.3 is 5.97 Å². The van der Waals surface area contributed by atoms with Gasteiger partial charge < -0.3 is 14.4 Å². The molecule has 1 aliphatic heterocycles. The van der Waals surface area contributed by atoms with Crippen LogP contribution in [0.4, 0.5) is 5.82 Å². The van der Waals surface area contributed by atoms with Crippen LogP contribution in [0.25, 0.3) is 0 Å². The highest BCUT2D eigenvalue weighted by Gasteiger charge is 2.26. The summed E-state index contributed by atoms with van der Waals surface area (Å²) >= 11 is 1.13. The average Bonchev–Trinajstić information content (AvgIpc) is 2.67. The number of carbonyl (C=O) groups excluding carboxylic acids is 1. The van der Waals surface area contributed by atoms with E-state index in [4.69, 9.17) is 14.5 Å². The Morgan fingerprint density at radius 3 is 2.74 bits per heavy atom. The first-order valence-electron chi connectivity index (χ1n) is 9.43. The molecule has 0 amide bonds. The van der Waals surface area contributed by atoms with Crippen molar-refractivity contribution in [2.24, 2.45) is 5.92 Å². The fraction of sp³-hybridized carbons (Fsp3) is 0.650. The first-order chi connectivity index (χ1) is 13.0. The van der Waals surface area contributed by atoms with Gasteiger partial charge in [0, 0.05) is 32.0 Å². The van der Waals surface area contributed by atoms with E-state index in [9.17, 15) is 10.1 Å². The van der Waals surface area contributed by atoms with Gasteiger partial charge in [-0.05, 0) is 48.1 Å². The standard InChI is InChI=1S/C20H29N3O3S/c1-14(2)12-23(17-5-7-26-8-6-17)20-18(27-13-21)10-16(11-22-20)15(3)9-19(24)25-4/h10-11,14-15,17H,5-9,12H2,1-4H3/t15-/m1/s1. The maximum atomic E-state index is 11.6. The molecule has 1 aromatic rings. The van der Waals surface area contributed by atoms with Crippen molar-refractivity contribution in [3.8, 4) is 5.40 Å². The largest absolute Gasteiger partial charge is 0.469 e. The molecule has 0 aromatic carbocycles. The van der Waals surface area contributed by atoms with Crippen molar-refractivity contribution < 1.29 is 14.3 Å². The minimum atomic E-state index is -0.246. The Kier molecular flexibility index (Phi) is 8.39. The van der Waals surface area contributed by atoms with Gasteiger partial charge in [0.1, 0.15) is 11.2 Å².